The van der Waals surface area contributed by atoms with E-state index >= 15 is 0 Å². The van der Waals surface area contributed by atoms with Crippen molar-refractivity contribution < 1.29 is 4.79 Å². The van der Waals surface area contributed by atoms with Crippen LogP contribution in [0.15, 0.2) is 35.7 Å². The molecule has 0 radical (unpaired) electrons. The van der Waals surface area contributed by atoms with E-state index in [2.05, 4.69) is 5.43 Å². The Hall–Kier alpha value is -1.65. The first kappa shape index (κ1) is 10.9. The molecule has 1 aromatic carbocycles. The molecule has 2 aromatic rings. The van der Waals surface area contributed by atoms with Crippen molar-refractivity contribution in [1.29, 1.82) is 0 Å². The van der Waals surface area contributed by atoms with Crippen molar-refractivity contribution in [3.05, 3.63) is 46.2 Å². The molecule has 1 aromatic heterocycles. The lowest BCUT2D eigenvalue weighted by atomic mass is 10.1. The van der Waals surface area contributed by atoms with Crippen LogP contribution in [0.2, 0.25) is 0 Å². The fourth-order valence-electron chi connectivity index (χ4n) is 1.51. The molecule has 2 rings (SSSR count). The molecular formula is C12H12N2OS. The number of nitrogens with two attached hydrogens (primary N) is 1. The average molecular weight is 232 g/mol. The molecule has 3 nitrogen and oxygen atoms in total. The first-order chi connectivity index (χ1) is 7.72. The SMILES string of the molecule is Cc1ccc(-c2ccsc2C(=O)NN)cc1. The van der Waals surface area contributed by atoms with Crippen molar-refractivity contribution in [3.8, 4) is 11.1 Å². The maximum atomic E-state index is 11.5. The quantitative estimate of drug-likeness (QED) is 0.474. The Balaban J connectivity index is 2.44. The Labute approximate surface area is 97.9 Å². The van der Waals surface area contributed by atoms with Gasteiger partial charge in [-0.2, -0.15) is 0 Å². The molecule has 0 atom stereocenters. The fraction of sp³-hybridized carbons (Fsp3) is 0.0833. The van der Waals surface area contributed by atoms with Crippen molar-refractivity contribution in [2.45, 2.75) is 6.92 Å². The minimum Gasteiger partial charge on any atom is -0.289 e. The summed E-state index contributed by atoms with van der Waals surface area (Å²) in [7, 11) is 0. The van der Waals surface area contributed by atoms with Crippen LogP contribution >= 0.6 is 11.3 Å². The number of nitrogens with one attached hydrogen (secondary N) is 1. The van der Waals surface area contributed by atoms with Gasteiger partial charge in [-0.15, -0.1) is 11.3 Å². The third-order valence-electron chi connectivity index (χ3n) is 2.37. The van der Waals surface area contributed by atoms with Crippen LogP contribution in [0.5, 0.6) is 0 Å². The minimum absolute atomic E-state index is 0.245. The molecule has 0 aliphatic carbocycles. The van der Waals surface area contributed by atoms with Crippen molar-refractivity contribution >= 4 is 17.2 Å². The number of carbonyl (C=O) groups excluding carboxylic acids is 1. The molecule has 0 aliphatic rings. The molecular weight excluding hydrogens is 220 g/mol. The molecule has 0 bridgehead atoms. The number of aryl methyl sites for hydroxylation is 1. The predicted molar refractivity (Wildman–Crippen MR) is 66.1 cm³/mol. The molecule has 0 unspecified atom stereocenters. The smallest absolute Gasteiger partial charge is 0.275 e. The van der Waals surface area contributed by atoms with Gasteiger partial charge in [-0.3, -0.25) is 10.2 Å². The first-order valence-electron chi connectivity index (χ1n) is 4.88. The molecule has 0 aliphatic heterocycles. The van der Waals surface area contributed by atoms with E-state index in [9.17, 15) is 4.79 Å². The van der Waals surface area contributed by atoms with Gasteiger partial charge in [0.15, 0.2) is 0 Å². The van der Waals surface area contributed by atoms with E-state index in [0.717, 1.165) is 11.1 Å². The Kier molecular flexibility index (Phi) is 3.03. The zero-order chi connectivity index (χ0) is 11.5. The van der Waals surface area contributed by atoms with Crippen molar-refractivity contribution in [2.75, 3.05) is 0 Å². The van der Waals surface area contributed by atoms with Gasteiger partial charge in [0.1, 0.15) is 4.88 Å². The second-order valence-electron chi connectivity index (χ2n) is 3.50. The van der Waals surface area contributed by atoms with Crippen LogP contribution in [0, 0.1) is 6.92 Å². The van der Waals surface area contributed by atoms with Crippen LogP contribution in [0.3, 0.4) is 0 Å². The van der Waals surface area contributed by atoms with Crippen molar-refractivity contribution in [2.24, 2.45) is 5.84 Å². The number of benzene rings is 1. The Morgan fingerprint density at radius 1 is 1.25 bits per heavy atom. The summed E-state index contributed by atoms with van der Waals surface area (Å²) < 4.78 is 0. The third-order valence-corrected chi connectivity index (χ3v) is 3.28. The molecule has 82 valence electrons. The zero-order valence-corrected chi connectivity index (χ0v) is 9.67. The van der Waals surface area contributed by atoms with Crippen molar-refractivity contribution in [3.63, 3.8) is 0 Å². The lowest BCUT2D eigenvalue weighted by Gasteiger charge is -2.03. The molecule has 16 heavy (non-hydrogen) atoms. The van der Waals surface area contributed by atoms with Crippen LogP contribution < -0.4 is 11.3 Å². The highest BCUT2D eigenvalue weighted by Gasteiger charge is 2.12. The first-order valence-corrected chi connectivity index (χ1v) is 5.76. The summed E-state index contributed by atoms with van der Waals surface area (Å²) in [5.74, 6) is 4.90. The summed E-state index contributed by atoms with van der Waals surface area (Å²) in [5, 5.41) is 1.89. The highest BCUT2D eigenvalue weighted by atomic mass is 32.1. The molecule has 1 heterocycles. The lowest BCUT2D eigenvalue weighted by molar-refractivity contribution is 0.0958. The van der Waals surface area contributed by atoms with Crippen LogP contribution in [0.25, 0.3) is 11.1 Å². The molecule has 0 fully saturated rings. The number of rotatable bonds is 2. The maximum absolute atomic E-state index is 11.5. The van der Waals surface area contributed by atoms with Gasteiger partial charge in [-0.25, -0.2) is 5.84 Å². The largest absolute Gasteiger partial charge is 0.289 e. The molecule has 0 saturated carbocycles. The van der Waals surface area contributed by atoms with Crippen LogP contribution in [0.1, 0.15) is 15.2 Å². The summed E-state index contributed by atoms with van der Waals surface area (Å²) in [6.45, 7) is 2.03. The van der Waals surface area contributed by atoms with E-state index in [-0.39, 0.29) is 5.91 Å². The van der Waals surface area contributed by atoms with E-state index in [1.807, 2.05) is 42.6 Å². The molecule has 0 saturated heterocycles. The standard InChI is InChI=1S/C12H12N2OS/c1-8-2-4-9(5-3-8)10-6-7-16-11(10)12(15)14-13/h2-7H,13H2,1H3,(H,14,15). The summed E-state index contributed by atoms with van der Waals surface area (Å²) in [5.41, 5.74) is 5.32. The van der Waals surface area contributed by atoms with Crippen LogP contribution in [-0.2, 0) is 0 Å². The minimum atomic E-state index is -0.245. The maximum Gasteiger partial charge on any atom is 0.275 e. The number of thiophene rings is 1. The second kappa shape index (κ2) is 4.47. The van der Waals surface area contributed by atoms with E-state index in [1.165, 1.54) is 16.9 Å². The predicted octanol–water partition coefficient (Wildman–Crippen LogP) is 2.33. The van der Waals surface area contributed by atoms with Gasteiger partial charge >= 0.3 is 0 Å². The summed E-state index contributed by atoms with van der Waals surface area (Å²) >= 11 is 1.39. The van der Waals surface area contributed by atoms with Crippen molar-refractivity contribution in [1.82, 2.24) is 5.43 Å². The number of carbonyl (C=O) groups is 1. The number of nitrogen functional groups attached to an aromatic ring is 1. The van der Waals surface area contributed by atoms with Gasteiger partial charge in [-0.1, -0.05) is 29.8 Å². The van der Waals surface area contributed by atoms with Gasteiger partial charge in [0.25, 0.3) is 5.91 Å². The summed E-state index contributed by atoms with van der Waals surface area (Å²) in [6.07, 6.45) is 0. The lowest BCUT2D eigenvalue weighted by Crippen LogP contribution is -2.29. The van der Waals surface area contributed by atoms with E-state index < -0.39 is 0 Å². The Bertz CT molecular complexity index is 502. The molecule has 1 amide bonds. The van der Waals surface area contributed by atoms with E-state index in [1.54, 1.807) is 0 Å². The van der Waals surface area contributed by atoms with Crippen LogP contribution in [-0.4, -0.2) is 5.91 Å². The van der Waals surface area contributed by atoms with Gasteiger partial charge in [0.2, 0.25) is 0 Å². The highest BCUT2D eigenvalue weighted by molar-refractivity contribution is 7.12. The molecule has 3 N–H and O–H groups in total. The molecule has 4 heteroatoms. The van der Waals surface area contributed by atoms with Crippen LogP contribution in [0.4, 0.5) is 0 Å². The van der Waals surface area contributed by atoms with Gasteiger partial charge in [0.05, 0.1) is 0 Å². The third kappa shape index (κ3) is 1.98. The van der Waals surface area contributed by atoms with Gasteiger partial charge < -0.3 is 0 Å². The normalized spacial score (nSPS) is 10.1. The topological polar surface area (TPSA) is 55.1 Å². The number of hydrogen-bond donors (Lipinski definition) is 2. The fourth-order valence-corrected chi connectivity index (χ4v) is 2.33. The molecule has 0 spiro atoms. The second-order valence-corrected chi connectivity index (χ2v) is 4.42. The van der Waals surface area contributed by atoms with E-state index in [0.29, 0.717) is 4.88 Å². The zero-order valence-electron chi connectivity index (χ0n) is 8.86. The van der Waals surface area contributed by atoms with Gasteiger partial charge in [-0.05, 0) is 23.9 Å². The Morgan fingerprint density at radius 2 is 1.94 bits per heavy atom. The average Bonchev–Trinajstić information content (AvgIpc) is 2.78. The number of amides is 1. The monoisotopic (exact) mass is 232 g/mol. The van der Waals surface area contributed by atoms with Gasteiger partial charge in [0, 0.05) is 5.56 Å². The summed E-state index contributed by atoms with van der Waals surface area (Å²) in [6, 6.07) is 9.99. The Morgan fingerprint density at radius 3 is 2.56 bits per heavy atom. The number of hydrazine groups is 1. The number of hydrogen-bond acceptors (Lipinski definition) is 3. The van der Waals surface area contributed by atoms with E-state index in [4.69, 9.17) is 5.84 Å². The highest BCUT2D eigenvalue weighted by Crippen LogP contribution is 2.28. The summed E-state index contributed by atoms with van der Waals surface area (Å²) in [4.78, 5) is 12.2.